The van der Waals surface area contributed by atoms with E-state index in [1.54, 1.807) is 18.1 Å². The molecule has 0 saturated carbocycles. The molecule has 1 atom stereocenters. The minimum atomic E-state index is -0.0877. The van der Waals surface area contributed by atoms with Crippen molar-refractivity contribution in [3.63, 3.8) is 0 Å². The van der Waals surface area contributed by atoms with Crippen LogP contribution in [0.25, 0.3) is 5.82 Å². The number of carbonyl (C=O) groups excluding carboxylic acids is 1. The molecule has 2 aromatic heterocycles. The number of anilines is 1. The second kappa shape index (κ2) is 8.68. The van der Waals surface area contributed by atoms with Gasteiger partial charge in [0.1, 0.15) is 18.4 Å². The molecule has 1 fully saturated rings. The smallest absolute Gasteiger partial charge is 0.225 e. The normalized spacial score (nSPS) is 16.4. The summed E-state index contributed by atoms with van der Waals surface area (Å²) in [6, 6.07) is 11.5. The van der Waals surface area contributed by atoms with Gasteiger partial charge in [-0.1, -0.05) is 18.2 Å². The van der Waals surface area contributed by atoms with Gasteiger partial charge in [0.15, 0.2) is 11.6 Å². The highest BCUT2D eigenvalue weighted by Crippen LogP contribution is 2.22. The zero-order valence-corrected chi connectivity index (χ0v) is 16.2. The molecule has 1 N–H and O–H groups in total. The standard InChI is InChI=1S/C20H23N7O2/c1-29-17-7-3-2-5-15(17)11-22-20(28)16-6-4-10-26(12-16)18-8-9-19(25-24-18)27-14-21-13-23-27/h2-3,5,7-9,13-14,16H,4,6,10-12H2,1H3,(H,22,28)/t16-/m1/s1. The Morgan fingerprint density at radius 2 is 2.03 bits per heavy atom. The Labute approximate surface area is 168 Å². The number of carbonyl (C=O) groups is 1. The lowest BCUT2D eigenvalue weighted by Gasteiger charge is -2.32. The van der Waals surface area contributed by atoms with E-state index in [4.69, 9.17) is 4.74 Å². The third kappa shape index (κ3) is 4.34. The van der Waals surface area contributed by atoms with Crippen molar-refractivity contribution in [3.8, 4) is 11.6 Å². The lowest BCUT2D eigenvalue weighted by molar-refractivity contribution is -0.125. The Balaban J connectivity index is 1.37. The second-order valence-electron chi connectivity index (χ2n) is 6.90. The Morgan fingerprint density at radius 3 is 2.79 bits per heavy atom. The molecule has 0 bridgehead atoms. The summed E-state index contributed by atoms with van der Waals surface area (Å²) in [5.41, 5.74) is 0.964. The average molecular weight is 393 g/mol. The molecule has 1 aliphatic heterocycles. The number of rotatable bonds is 6. The van der Waals surface area contributed by atoms with Gasteiger partial charge >= 0.3 is 0 Å². The number of piperidine rings is 1. The van der Waals surface area contributed by atoms with Crippen LogP contribution in [0.15, 0.2) is 49.1 Å². The van der Waals surface area contributed by atoms with E-state index in [-0.39, 0.29) is 11.8 Å². The number of nitrogens with one attached hydrogen (secondary N) is 1. The lowest BCUT2D eigenvalue weighted by atomic mass is 9.97. The quantitative estimate of drug-likeness (QED) is 0.679. The number of benzene rings is 1. The first-order valence-electron chi connectivity index (χ1n) is 9.58. The van der Waals surface area contributed by atoms with Crippen LogP contribution >= 0.6 is 0 Å². The summed E-state index contributed by atoms with van der Waals surface area (Å²) >= 11 is 0. The fourth-order valence-corrected chi connectivity index (χ4v) is 3.51. The van der Waals surface area contributed by atoms with E-state index >= 15 is 0 Å². The molecule has 0 spiro atoms. The molecular weight excluding hydrogens is 370 g/mol. The third-order valence-corrected chi connectivity index (χ3v) is 5.05. The monoisotopic (exact) mass is 393 g/mol. The van der Waals surface area contributed by atoms with Crippen molar-refractivity contribution in [2.45, 2.75) is 19.4 Å². The van der Waals surface area contributed by atoms with Crippen molar-refractivity contribution in [2.24, 2.45) is 5.92 Å². The minimum Gasteiger partial charge on any atom is -0.496 e. The van der Waals surface area contributed by atoms with Gasteiger partial charge in [-0.3, -0.25) is 4.79 Å². The summed E-state index contributed by atoms with van der Waals surface area (Å²) in [7, 11) is 1.63. The Kier molecular flexibility index (Phi) is 5.64. The molecule has 9 nitrogen and oxygen atoms in total. The van der Waals surface area contributed by atoms with Crippen LogP contribution in [0.1, 0.15) is 18.4 Å². The van der Waals surface area contributed by atoms with Crippen LogP contribution in [0.4, 0.5) is 5.82 Å². The van der Waals surface area contributed by atoms with Crippen molar-refractivity contribution in [3.05, 3.63) is 54.6 Å². The van der Waals surface area contributed by atoms with Gasteiger partial charge in [0.05, 0.1) is 13.0 Å². The van der Waals surface area contributed by atoms with Crippen molar-refractivity contribution in [1.82, 2.24) is 30.3 Å². The summed E-state index contributed by atoms with van der Waals surface area (Å²) in [4.78, 5) is 18.7. The lowest BCUT2D eigenvalue weighted by Crippen LogP contribution is -2.43. The molecule has 0 radical (unpaired) electrons. The SMILES string of the molecule is COc1ccccc1CNC(=O)[C@@H]1CCCN(c2ccc(-n3cncn3)nn2)C1. The van der Waals surface area contributed by atoms with E-state index in [2.05, 4.69) is 30.5 Å². The molecule has 1 aromatic carbocycles. The van der Waals surface area contributed by atoms with Crippen LogP contribution in [0, 0.1) is 5.92 Å². The van der Waals surface area contributed by atoms with E-state index in [1.165, 1.54) is 6.33 Å². The molecule has 9 heteroatoms. The molecule has 3 aromatic rings. The highest BCUT2D eigenvalue weighted by molar-refractivity contribution is 5.79. The first kappa shape index (κ1) is 18.9. The molecule has 1 saturated heterocycles. The fourth-order valence-electron chi connectivity index (χ4n) is 3.51. The number of para-hydroxylation sites is 1. The van der Waals surface area contributed by atoms with Crippen LogP contribution in [-0.2, 0) is 11.3 Å². The molecule has 29 heavy (non-hydrogen) atoms. The highest BCUT2D eigenvalue weighted by Gasteiger charge is 2.26. The van der Waals surface area contributed by atoms with E-state index in [9.17, 15) is 4.79 Å². The molecule has 4 rings (SSSR count). The predicted octanol–water partition coefficient (Wildman–Crippen LogP) is 1.60. The zero-order chi connectivity index (χ0) is 20.1. The van der Waals surface area contributed by atoms with Crippen molar-refractivity contribution in [1.29, 1.82) is 0 Å². The van der Waals surface area contributed by atoms with Crippen LogP contribution in [0.3, 0.4) is 0 Å². The summed E-state index contributed by atoms with van der Waals surface area (Å²) in [5, 5.41) is 15.6. The van der Waals surface area contributed by atoms with Crippen LogP contribution in [-0.4, -0.2) is 51.1 Å². The van der Waals surface area contributed by atoms with Gasteiger partial charge in [0.25, 0.3) is 0 Å². The molecule has 150 valence electrons. The number of nitrogens with zero attached hydrogens (tertiary/aromatic N) is 6. The number of methoxy groups -OCH3 is 1. The molecule has 1 aliphatic rings. The maximum atomic E-state index is 12.7. The van der Waals surface area contributed by atoms with E-state index in [0.29, 0.717) is 18.9 Å². The first-order chi connectivity index (χ1) is 14.2. The van der Waals surface area contributed by atoms with Gasteiger partial charge in [-0.15, -0.1) is 10.2 Å². The molecule has 0 aliphatic carbocycles. The van der Waals surface area contributed by atoms with Gasteiger partial charge < -0.3 is 15.0 Å². The van der Waals surface area contributed by atoms with Gasteiger partial charge in [0.2, 0.25) is 5.91 Å². The summed E-state index contributed by atoms with van der Waals surface area (Å²) in [6.07, 6.45) is 4.82. The van der Waals surface area contributed by atoms with E-state index in [0.717, 1.165) is 36.5 Å². The Hall–Kier alpha value is -3.49. The van der Waals surface area contributed by atoms with Crippen LogP contribution in [0.5, 0.6) is 5.75 Å². The van der Waals surface area contributed by atoms with Gasteiger partial charge in [-0.2, -0.15) is 5.10 Å². The maximum absolute atomic E-state index is 12.7. The molecule has 3 heterocycles. The summed E-state index contributed by atoms with van der Waals surface area (Å²) in [5.74, 6) is 2.11. The summed E-state index contributed by atoms with van der Waals surface area (Å²) < 4.78 is 6.91. The molecule has 0 unspecified atom stereocenters. The van der Waals surface area contributed by atoms with Crippen LogP contribution in [0.2, 0.25) is 0 Å². The topological polar surface area (TPSA) is 98.1 Å². The highest BCUT2D eigenvalue weighted by atomic mass is 16.5. The number of ether oxygens (including phenoxy) is 1. The largest absolute Gasteiger partial charge is 0.496 e. The zero-order valence-electron chi connectivity index (χ0n) is 16.2. The van der Waals surface area contributed by atoms with Gasteiger partial charge in [-0.05, 0) is 31.0 Å². The van der Waals surface area contributed by atoms with Crippen molar-refractivity contribution in [2.75, 3.05) is 25.1 Å². The second-order valence-corrected chi connectivity index (χ2v) is 6.90. The van der Waals surface area contributed by atoms with Crippen LogP contribution < -0.4 is 15.0 Å². The molecular formula is C20H23N7O2. The first-order valence-corrected chi connectivity index (χ1v) is 9.58. The van der Waals surface area contributed by atoms with Gasteiger partial charge in [-0.25, -0.2) is 9.67 Å². The molecule has 1 amide bonds. The summed E-state index contributed by atoms with van der Waals surface area (Å²) in [6.45, 7) is 1.93. The Bertz CT molecular complexity index is 944. The van der Waals surface area contributed by atoms with E-state index in [1.807, 2.05) is 36.4 Å². The number of hydrogen-bond acceptors (Lipinski definition) is 7. The van der Waals surface area contributed by atoms with Gasteiger partial charge in [0, 0.05) is 25.2 Å². The average Bonchev–Trinajstić information content (AvgIpc) is 3.33. The minimum absolute atomic E-state index is 0.0489. The Morgan fingerprint density at radius 1 is 1.21 bits per heavy atom. The number of aromatic nitrogens is 5. The number of hydrogen-bond donors (Lipinski definition) is 1. The maximum Gasteiger partial charge on any atom is 0.225 e. The third-order valence-electron chi connectivity index (χ3n) is 5.05. The van der Waals surface area contributed by atoms with E-state index < -0.39 is 0 Å². The predicted molar refractivity (Wildman–Crippen MR) is 107 cm³/mol. The number of amides is 1. The van der Waals surface area contributed by atoms with Crippen molar-refractivity contribution < 1.29 is 9.53 Å². The fraction of sp³-hybridized carbons (Fsp3) is 0.350. The van der Waals surface area contributed by atoms with Crippen molar-refractivity contribution >= 4 is 11.7 Å².